The molecule has 0 saturated heterocycles. The van der Waals surface area contributed by atoms with E-state index in [4.69, 9.17) is 15.4 Å². The van der Waals surface area contributed by atoms with Crippen LogP contribution >= 0.6 is 10.7 Å². The zero-order valence-corrected chi connectivity index (χ0v) is 12.5. The van der Waals surface area contributed by atoms with Crippen LogP contribution in [0.4, 0.5) is 8.78 Å². The van der Waals surface area contributed by atoms with Gasteiger partial charge < -0.3 is 4.74 Å². The molecular formula is C13H15ClF2O3S. The fraction of sp³-hybridized carbons (Fsp3) is 0.538. The van der Waals surface area contributed by atoms with Crippen molar-refractivity contribution in [3.63, 3.8) is 0 Å². The van der Waals surface area contributed by atoms with Gasteiger partial charge in [0.2, 0.25) is 0 Å². The van der Waals surface area contributed by atoms with E-state index in [0.717, 1.165) is 12.8 Å². The smallest absolute Gasteiger partial charge is 0.265 e. The molecule has 2 rings (SSSR count). The lowest BCUT2D eigenvalue weighted by Crippen LogP contribution is -2.25. The molecule has 0 aliphatic heterocycles. The summed E-state index contributed by atoms with van der Waals surface area (Å²) < 4.78 is 55.3. The predicted octanol–water partition coefficient (Wildman–Crippen LogP) is 3.85. The molecular weight excluding hydrogens is 310 g/mol. The standard InChI is InChI=1S/C13H15ClF2O3S/c1-8-3-2-4-10(5-8)19-13-11(16)6-9(15)7-12(13)20(14,17)18/h6-8,10H,2-5H2,1H3. The molecule has 0 amide bonds. The van der Waals surface area contributed by atoms with Crippen LogP contribution in [0.25, 0.3) is 0 Å². The highest BCUT2D eigenvalue weighted by Gasteiger charge is 2.27. The molecule has 2 unspecified atom stereocenters. The zero-order valence-electron chi connectivity index (χ0n) is 10.9. The fourth-order valence-electron chi connectivity index (χ4n) is 2.48. The van der Waals surface area contributed by atoms with Crippen molar-refractivity contribution in [2.24, 2.45) is 5.92 Å². The molecule has 0 heterocycles. The monoisotopic (exact) mass is 324 g/mol. The van der Waals surface area contributed by atoms with E-state index in [1.165, 1.54) is 0 Å². The molecule has 7 heteroatoms. The van der Waals surface area contributed by atoms with Crippen LogP contribution in [0.3, 0.4) is 0 Å². The molecule has 1 saturated carbocycles. The Hall–Kier alpha value is -0.880. The number of hydrogen-bond acceptors (Lipinski definition) is 3. The summed E-state index contributed by atoms with van der Waals surface area (Å²) in [5.74, 6) is -2.12. The Morgan fingerprint density at radius 2 is 2.00 bits per heavy atom. The maximum absolute atomic E-state index is 13.8. The molecule has 1 aromatic carbocycles. The fourth-order valence-corrected chi connectivity index (χ4v) is 3.45. The van der Waals surface area contributed by atoms with Gasteiger partial charge >= 0.3 is 0 Å². The first kappa shape index (κ1) is 15.5. The predicted molar refractivity (Wildman–Crippen MR) is 71.4 cm³/mol. The van der Waals surface area contributed by atoms with Gasteiger partial charge in [0.25, 0.3) is 9.05 Å². The second-order valence-corrected chi connectivity index (χ2v) is 7.70. The zero-order chi connectivity index (χ0) is 14.9. The average Bonchev–Trinajstić information content (AvgIpc) is 2.31. The van der Waals surface area contributed by atoms with Crippen LogP contribution in [-0.4, -0.2) is 14.5 Å². The van der Waals surface area contributed by atoms with E-state index in [0.29, 0.717) is 30.9 Å². The summed E-state index contributed by atoms with van der Waals surface area (Å²) in [5.41, 5.74) is 0. The second kappa shape index (κ2) is 5.85. The highest BCUT2D eigenvalue weighted by molar-refractivity contribution is 8.13. The number of hydrogen-bond donors (Lipinski definition) is 0. The third kappa shape index (κ3) is 3.61. The van der Waals surface area contributed by atoms with Crippen LogP contribution in [0.1, 0.15) is 32.6 Å². The first-order chi connectivity index (χ1) is 9.27. The summed E-state index contributed by atoms with van der Waals surface area (Å²) in [6.07, 6.45) is 3.13. The van der Waals surface area contributed by atoms with E-state index in [2.05, 4.69) is 6.92 Å². The summed E-state index contributed by atoms with van der Waals surface area (Å²) >= 11 is 0. The van der Waals surface area contributed by atoms with Gasteiger partial charge in [0.05, 0.1) is 6.10 Å². The van der Waals surface area contributed by atoms with Crippen LogP contribution in [0, 0.1) is 17.6 Å². The van der Waals surface area contributed by atoms with Gasteiger partial charge in [-0.25, -0.2) is 17.2 Å². The minimum atomic E-state index is -4.28. The van der Waals surface area contributed by atoms with Gasteiger partial charge in [0, 0.05) is 16.7 Å². The first-order valence-corrected chi connectivity index (χ1v) is 8.68. The van der Waals surface area contributed by atoms with Crippen LogP contribution in [0.5, 0.6) is 5.75 Å². The summed E-state index contributed by atoms with van der Waals surface area (Å²) in [6, 6.07) is 1.26. The third-order valence-corrected chi connectivity index (χ3v) is 4.74. The van der Waals surface area contributed by atoms with Crippen LogP contribution in [-0.2, 0) is 9.05 Å². The number of halogens is 3. The largest absolute Gasteiger partial charge is 0.486 e. The maximum atomic E-state index is 13.8. The molecule has 112 valence electrons. The van der Waals surface area contributed by atoms with Crippen LogP contribution in [0.2, 0.25) is 0 Å². The van der Waals surface area contributed by atoms with Crippen molar-refractivity contribution < 1.29 is 21.9 Å². The van der Waals surface area contributed by atoms with Gasteiger partial charge in [-0.15, -0.1) is 0 Å². The molecule has 0 aromatic heterocycles. The summed E-state index contributed by atoms with van der Waals surface area (Å²) in [5, 5.41) is 0. The SMILES string of the molecule is CC1CCCC(Oc2c(F)cc(F)cc2S(=O)(=O)Cl)C1. The Morgan fingerprint density at radius 1 is 1.30 bits per heavy atom. The van der Waals surface area contributed by atoms with Gasteiger partial charge in [-0.1, -0.05) is 13.3 Å². The second-order valence-electron chi connectivity index (χ2n) is 5.16. The van der Waals surface area contributed by atoms with Crippen molar-refractivity contribution >= 4 is 19.7 Å². The molecule has 0 spiro atoms. The third-order valence-electron chi connectivity index (χ3n) is 3.41. The molecule has 2 atom stereocenters. The lowest BCUT2D eigenvalue weighted by molar-refractivity contribution is 0.120. The molecule has 1 aromatic rings. The summed E-state index contributed by atoms with van der Waals surface area (Å²) in [7, 11) is 0.937. The van der Waals surface area contributed by atoms with Crippen LogP contribution in [0.15, 0.2) is 17.0 Å². The van der Waals surface area contributed by atoms with Crippen molar-refractivity contribution in [1.82, 2.24) is 0 Å². The van der Waals surface area contributed by atoms with Gasteiger partial charge in [0.15, 0.2) is 11.6 Å². The van der Waals surface area contributed by atoms with Crippen molar-refractivity contribution in [2.75, 3.05) is 0 Å². The van der Waals surface area contributed by atoms with Gasteiger partial charge in [-0.2, -0.15) is 0 Å². The average molecular weight is 325 g/mol. The Kier molecular flexibility index (Phi) is 4.54. The van der Waals surface area contributed by atoms with Crippen LogP contribution < -0.4 is 4.74 Å². The molecule has 0 radical (unpaired) electrons. The Labute approximate surface area is 121 Å². The number of rotatable bonds is 3. The van der Waals surface area contributed by atoms with Crippen molar-refractivity contribution in [3.8, 4) is 5.75 Å². The van der Waals surface area contributed by atoms with E-state index < -0.39 is 31.3 Å². The summed E-state index contributed by atoms with van der Waals surface area (Å²) in [6.45, 7) is 2.05. The molecule has 0 bridgehead atoms. The van der Waals surface area contributed by atoms with Gasteiger partial charge in [-0.3, -0.25) is 0 Å². The van der Waals surface area contributed by atoms with E-state index in [-0.39, 0.29) is 6.10 Å². The Bertz CT molecular complexity index is 604. The minimum Gasteiger partial charge on any atom is -0.486 e. The highest BCUT2D eigenvalue weighted by Crippen LogP contribution is 2.34. The lowest BCUT2D eigenvalue weighted by atomic mass is 9.89. The number of benzene rings is 1. The van der Waals surface area contributed by atoms with Gasteiger partial charge in [0.1, 0.15) is 10.7 Å². The van der Waals surface area contributed by atoms with Crippen molar-refractivity contribution in [1.29, 1.82) is 0 Å². The molecule has 1 aliphatic carbocycles. The van der Waals surface area contributed by atoms with E-state index in [1.54, 1.807) is 0 Å². The number of ether oxygens (including phenoxy) is 1. The molecule has 3 nitrogen and oxygen atoms in total. The molecule has 1 fully saturated rings. The van der Waals surface area contributed by atoms with E-state index in [9.17, 15) is 17.2 Å². The summed E-state index contributed by atoms with van der Waals surface area (Å²) in [4.78, 5) is -0.658. The van der Waals surface area contributed by atoms with Crippen molar-refractivity contribution in [3.05, 3.63) is 23.8 Å². The first-order valence-electron chi connectivity index (χ1n) is 6.37. The Morgan fingerprint density at radius 3 is 2.60 bits per heavy atom. The molecule has 0 N–H and O–H groups in total. The topological polar surface area (TPSA) is 43.4 Å². The highest BCUT2D eigenvalue weighted by atomic mass is 35.7. The van der Waals surface area contributed by atoms with Gasteiger partial charge in [-0.05, 0) is 31.2 Å². The normalized spacial score (nSPS) is 23.6. The van der Waals surface area contributed by atoms with E-state index in [1.807, 2.05) is 0 Å². The maximum Gasteiger partial charge on any atom is 0.265 e. The van der Waals surface area contributed by atoms with E-state index >= 15 is 0 Å². The Balaban J connectivity index is 2.35. The molecule has 20 heavy (non-hydrogen) atoms. The lowest BCUT2D eigenvalue weighted by Gasteiger charge is -2.28. The quantitative estimate of drug-likeness (QED) is 0.793. The minimum absolute atomic E-state index is 0.282. The van der Waals surface area contributed by atoms with Crippen molar-refractivity contribution in [2.45, 2.75) is 43.6 Å². The molecule has 1 aliphatic rings.